The highest BCUT2D eigenvalue weighted by molar-refractivity contribution is 6.35. The van der Waals surface area contributed by atoms with Crippen molar-refractivity contribution in [2.75, 3.05) is 5.73 Å². The van der Waals surface area contributed by atoms with Gasteiger partial charge in [-0.1, -0.05) is 29.3 Å². The number of nitrogen functional groups attached to an aromatic ring is 1. The number of nitrogens with zero attached hydrogens (tertiary/aromatic N) is 4. The summed E-state index contributed by atoms with van der Waals surface area (Å²) in [5.74, 6) is -0.643. The minimum absolute atomic E-state index is 0.222. The van der Waals surface area contributed by atoms with Gasteiger partial charge in [-0.15, -0.1) is 0 Å². The van der Waals surface area contributed by atoms with Gasteiger partial charge in [0.15, 0.2) is 0 Å². The molecule has 0 bridgehead atoms. The Labute approximate surface area is 159 Å². The molecule has 26 heavy (non-hydrogen) atoms. The first-order valence-corrected chi connectivity index (χ1v) is 8.48. The van der Waals surface area contributed by atoms with Crippen molar-refractivity contribution < 1.29 is 9.90 Å². The number of nitrogens with two attached hydrogens (primary N) is 1. The van der Waals surface area contributed by atoms with E-state index in [0.29, 0.717) is 45.7 Å². The maximum Gasteiger partial charge on any atom is 0.325 e. The molecule has 0 atom stereocenters. The maximum absolute atomic E-state index is 10.8. The van der Waals surface area contributed by atoms with E-state index in [-0.39, 0.29) is 6.54 Å². The molecule has 2 heterocycles. The van der Waals surface area contributed by atoms with Gasteiger partial charge in [0.2, 0.25) is 0 Å². The molecule has 1 aromatic carbocycles. The molecule has 0 aliphatic rings. The van der Waals surface area contributed by atoms with Gasteiger partial charge in [-0.2, -0.15) is 5.10 Å². The highest BCUT2D eigenvalue weighted by Gasteiger charge is 2.12. The van der Waals surface area contributed by atoms with E-state index in [4.69, 9.17) is 34.0 Å². The number of carbonyl (C=O) groups is 1. The van der Waals surface area contributed by atoms with Crippen molar-refractivity contribution in [1.29, 1.82) is 0 Å². The first-order chi connectivity index (χ1) is 12.4. The molecule has 3 aromatic rings. The molecule has 0 spiro atoms. The van der Waals surface area contributed by atoms with E-state index in [0.717, 1.165) is 5.56 Å². The predicted molar refractivity (Wildman–Crippen MR) is 99.2 cm³/mol. The Morgan fingerprint density at radius 1 is 1.19 bits per heavy atom. The third-order valence-corrected chi connectivity index (χ3v) is 4.48. The van der Waals surface area contributed by atoms with Gasteiger partial charge in [-0.25, -0.2) is 9.97 Å². The number of rotatable bonds is 6. The highest BCUT2D eigenvalue weighted by Crippen LogP contribution is 2.26. The lowest BCUT2D eigenvalue weighted by Gasteiger charge is -2.09. The third-order valence-electron chi connectivity index (χ3n) is 3.78. The Morgan fingerprint density at radius 3 is 2.62 bits per heavy atom. The fraction of sp³-hybridized carbons (Fsp3) is 0.176. The quantitative estimate of drug-likeness (QED) is 0.668. The second-order valence-electron chi connectivity index (χ2n) is 5.61. The number of anilines is 1. The van der Waals surface area contributed by atoms with E-state index in [1.165, 1.54) is 17.1 Å². The maximum atomic E-state index is 10.8. The zero-order chi connectivity index (χ0) is 18.7. The average Bonchev–Trinajstić information content (AvgIpc) is 3.03. The summed E-state index contributed by atoms with van der Waals surface area (Å²) in [4.78, 5) is 19.5. The molecule has 7 nitrogen and oxygen atoms in total. The van der Waals surface area contributed by atoms with Crippen LogP contribution in [0.5, 0.6) is 0 Å². The second kappa shape index (κ2) is 7.72. The Hall–Kier alpha value is -2.64. The molecule has 9 heteroatoms. The Kier molecular flexibility index (Phi) is 5.39. The van der Waals surface area contributed by atoms with Crippen molar-refractivity contribution in [2.45, 2.75) is 19.4 Å². The summed E-state index contributed by atoms with van der Waals surface area (Å²) in [5, 5.41) is 14.0. The van der Waals surface area contributed by atoms with Crippen LogP contribution in [0.3, 0.4) is 0 Å². The number of hydrogen-bond acceptors (Lipinski definition) is 5. The van der Waals surface area contributed by atoms with Crippen molar-refractivity contribution in [2.24, 2.45) is 0 Å². The average molecular weight is 392 g/mol. The van der Waals surface area contributed by atoms with Gasteiger partial charge in [-0.05, 0) is 30.5 Å². The van der Waals surface area contributed by atoms with Crippen LogP contribution < -0.4 is 5.73 Å². The molecule has 3 rings (SSSR count). The second-order valence-corrected chi connectivity index (χ2v) is 6.42. The van der Waals surface area contributed by atoms with E-state index in [9.17, 15) is 4.79 Å². The molecule has 0 aliphatic carbocycles. The number of carboxylic acid groups (broad SMARTS) is 1. The third kappa shape index (κ3) is 4.12. The highest BCUT2D eigenvalue weighted by atomic mass is 35.5. The molecule has 0 saturated heterocycles. The molecular formula is C17H15Cl2N5O2. The summed E-state index contributed by atoms with van der Waals surface area (Å²) in [6.45, 7) is -0.222. The van der Waals surface area contributed by atoms with Gasteiger partial charge >= 0.3 is 5.97 Å². The number of carboxylic acids is 1. The Bertz CT molecular complexity index is 938. The summed E-state index contributed by atoms with van der Waals surface area (Å²) in [6, 6.07) is 5.36. The molecule has 2 aromatic heterocycles. The zero-order valence-corrected chi connectivity index (χ0v) is 15.1. The van der Waals surface area contributed by atoms with Gasteiger partial charge in [0.25, 0.3) is 0 Å². The lowest BCUT2D eigenvalue weighted by atomic mass is 10.1. The van der Waals surface area contributed by atoms with Crippen LogP contribution in [0.25, 0.3) is 11.3 Å². The van der Waals surface area contributed by atoms with Crippen molar-refractivity contribution in [3.8, 4) is 11.3 Å². The number of hydrogen-bond donors (Lipinski definition) is 2. The molecule has 0 fully saturated rings. The van der Waals surface area contributed by atoms with Gasteiger partial charge in [0.05, 0.1) is 23.8 Å². The summed E-state index contributed by atoms with van der Waals surface area (Å²) in [5.41, 5.74) is 8.61. The monoisotopic (exact) mass is 391 g/mol. The van der Waals surface area contributed by atoms with Crippen LogP contribution in [-0.2, 0) is 24.2 Å². The molecular weight excluding hydrogens is 377 g/mol. The first kappa shape index (κ1) is 18.2. The lowest BCUT2D eigenvalue weighted by Crippen LogP contribution is -2.08. The molecule has 0 saturated carbocycles. The number of aliphatic carboxylic acids is 1. The number of benzene rings is 1. The molecule has 0 unspecified atom stereocenters. The lowest BCUT2D eigenvalue weighted by molar-refractivity contribution is -0.137. The standard InChI is InChI=1S/C17H15Cl2N5O2/c18-12-2-1-3-13(19)11(12)4-5-14-17(20)21-7-15(23-14)10-6-22-24(8-10)9-16(25)26/h1-3,6-8H,4-5,9H2,(H2,20,21)(H,25,26). The fourth-order valence-electron chi connectivity index (χ4n) is 2.50. The summed E-state index contributed by atoms with van der Waals surface area (Å²) in [6.07, 6.45) is 5.75. The van der Waals surface area contributed by atoms with Crippen molar-refractivity contribution >= 4 is 35.0 Å². The summed E-state index contributed by atoms with van der Waals surface area (Å²) in [7, 11) is 0. The van der Waals surface area contributed by atoms with Crippen LogP contribution >= 0.6 is 23.2 Å². The van der Waals surface area contributed by atoms with Crippen molar-refractivity contribution in [3.63, 3.8) is 0 Å². The fourth-order valence-corrected chi connectivity index (χ4v) is 3.08. The van der Waals surface area contributed by atoms with Crippen molar-refractivity contribution in [1.82, 2.24) is 19.7 Å². The minimum atomic E-state index is -0.972. The Balaban J connectivity index is 1.82. The van der Waals surface area contributed by atoms with Gasteiger partial charge < -0.3 is 10.8 Å². The van der Waals surface area contributed by atoms with Gasteiger partial charge in [0.1, 0.15) is 12.4 Å². The molecule has 3 N–H and O–H groups in total. The molecule has 134 valence electrons. The van der Waals surface area contributed by atoms with Gasteiger partial charge in [0, 0.05) is 21.8 Å². The predicted octanol–water partition coefficient (Wildman–Crippen LogP) is 3.10. The molecule has 0 radical (unpaired) electrons. The van der Waals surface area contributed by atoms with E-state index < -0.39 is 5.97 Å². The Morgan fingerprint density at radius 2 is 1.92 bits per heavy atom. The number of aromatic nitrogens is 4. The number of halogens is 2. The summed E-state index contributed by atoms with van der Waals surface area (Å²) < 4.78 is 1.32. The van der Waals surface area contributed by atoms with E-state index in [1.54, 1.807) is 24.4 Å². The van der Waals surface area contributed by atoms with Crippen LogP contribution in [0, 0.1) is 0 Å². The topological polar surface area (TPSA) is 107 Å². The molecule has 0 amide bonds. The summed E-state index contributed by atoms with van der Waals surface area (Å²) >= 11 is 12.4. The smallest absolute Gasteiger partial charge is 0.325 e. The van der Waals surface area contributed by atoms with E-state index in [1.807, 2.05) is 0 Å². The first-order valence-electron chi connectivity index (χ1n) is 7.73. The van der Waals surface area contributed by atoms with Crippen LogP contribution in [-0.4, -0.2) is 30.8 Å². The van der Waals surface area contributed by atoms with Crippen LogP contribution in [0.4, 0.5) is 5.82 Å². The van der Waals surface area contributed by atoms with Crippen molar-refractivity contribution in [3.05, 3.63) is 58.1 Å². The minimum Gasteiger partial charge on any atom is -0.480 e. The largest absolute Gasteiger partial charge is 0.480 e. The SMILES string of the molecule is Nc1ncc(-c2cnn(CC(=O)O)c2)nc1CCc1c(Cl)cccc1Cl. The van der Waals surface area contributed by atoms with Crippen LogP contribution in [0.2, 0.25) is 10.0 Å². The normalized spacial score (nSPS) is 10.8. The van der Waals surface area contributed by atoms with Crippen LogP contribution in [0.1, 0.15) is 11.3 Å². The van der Waals surface area contributed by atoms with E-state index >= 15 is 0 Å². The zero-order valence-electron chi connectivity index (χ0n) is 13.6. The number of aryl methyl sites for hydroxylation is 1. The molecule has 0 aliphatic heterocycles. The van der Waals surface area contributed by atoms with Gasteiger partial charge in [-0.3, -0.25) is 9.48 Å². The van der Waals surface area contributed by atoms with E-state index in [2.05, 4.69) is 15.1 Å². The van der Waals surface area contributed by atoms with Crippen LogP contribution in [0.15, 0.2) is 36.8 Å².